The van der Waals surface area contributed by atoms with E-state index in [2.05, 4.69) is 14.8 Å². The molecule has 2 aromatic heterocycles. The van der Waals surface area contributed by atoms with Gasteiger partial charge in [-0.05, 0) is 30.4 Å². The van der Waals surface area contributed by atoms with Crippen molar-refractivity contribution < 1.29 is 27.4 Å². The fourth-order valence-electron chi connectivity index (χ4n) is 3.48. The molecule has 0 spiro atoms. The molecule has 2 aromatic rings. The maximum atomic E-state index is 14.4. The van der Waals surface area contributed by atoms with Crippen LogP contribution in [0.15, 0.2) is 48.5 Å². The van der Waals surface area contributed by atoms with Crippen LogP contribution in [0.4, 0.5) is 13.2 Å². The van der Waals surface area contributed by atoms with Gasteiger partial charge in [0.15, 0.2) is 5.69 Å². The van der Waals surface area contributed by atoms with E-state index in [-0.39, 0.29) is 29.4 Å². The summed E-state index contributed by atoms with van der Waals surface area (Å²) in [4.78, 5) is 18.6. The maximum absolute atomic E-state index is 14.4. The van der Waals surface area contributed by atoms with Crippen LogP contribution < -0.4 is 0 Å². The highest BCUT2D eigenvalue weighted by atomic mass is 19.3. The number of rotatable bonds is 5. The van der Waals surface area contributed by atoms with Crippen molar-refractivity contribution in [3.63, 3.8) is 0 Å². The number of carbonyl (C=O) groups excluding carboxylic acids is 1. The third-order valence-electron chi connectivity index (χ3n) is 4.80. The number of allylic oxidation sites excluding steroid dienone is 4. The summed E-state index contributed by atoms with van der Waals surface area (Å²) in [6.07, 6.45) is 0.514. The van der Waals surface area contributed by atoms with Crippen LogP contribution in [0.3, 0.4) is 0 Å². The minimum atomic E-state index is -3.44. The molecule has 7 nitrogen and oxygen atoms in total. The molecule has 0 aromatic carbocycles. The minimum absolute atomic E-state index is 0.152. The smallest absolute Gasteiger partial charge is 0.394 e. The maximum Gasteiger partial charge on any atom is 0.394 e. The molecular formula is C21H21F3N4O3. The molecule has 1 aliphatic carbocycles. The molecule has 1 fully saturated rings. The molecule has 0 bridgehead atoms. The van der Waals surface area contributed by atoms with Gasteiger partial charge in [-0.3, -0.25) is 9.78 Å². The van der Waals surface area contributed by atoms with E-state index < -0.39 is 12.3 Å². The number of aromatic nitrogens is 3. The minimum Gasteiger partial charge on any atom is -0.437 e. The molecule has 0 radical (unpaired) electrons. The molecule has 3 heterocycles. The second-order valence-corrected chi connectivity index (χ2v) is 7.31. The predicted molar refractivity (Wildman–Crippen MR) is 105 cm³/mol. The van der Waals surface area contributed by atoms with E-state index in [1.807, 2.05) is 0 Å². The van der Waals surface area contributed by atoms with Gasteiger partial charge in [-0.25, -0.2) is 9.07 Å². The lowest BCUT2D eigenvalue weighted by Gasteiger charge is -2.25. The first kappa shape index (κ1) is 21.1. The van der Waals surface area contributed by atoms with Crippen LogP contribution in [-0.2, 0) is 9.47 Å². The zero-order valence-corrected chi connectivity index (χ0v) is 16.8. The molecule has 164 valence electrons. The Hall–Kier alpha value is -3.14. The Balaban J connectivity index is 1.75. The lowest BCUT2D eigenvalue weighted by Crippen LogP contribution is -2.40. The number of ether oxygens (including phenoxy) is 2. The number of carbonyl (C=O) groups is 1. The van der Waals surface area contributed by atoms with Gasteiger partial charge < -0.3 is 14.4 Å². The van der Waals surface area contributed by atoms with E-state index in [0.29, 0.717) is 44.6 Å². The van der Waals surface area contributed by atoms with E-state index in [1.165, 1.54) is 29.1 Å². The van der Waals surface area contributed by atoms with Crippen LogP contribution in [0.5, 0.6) is 0 Å². The first-order valence-corrected chi connectivity index (χ1v) is 9.81. The summed E-state index contributed by atoms with van der Waals surface area (Å²) < 4.78 is 52.4. The van der Waals surface area contributed by atoms with Crippen LogP contribution in [-0.4, -0.2) is 64.2 Å². The number of halogens is 3. The van der Waals surface area contributed by atoms with Crippen molar-refractivity contribution in [1.29, 1.82) is 0 Å². The van der Waals surface area contributed by atoms with Crippen LogP contribution in [0.25, 0.3) is 11.3 Å². The lowest BCUT2D eigenvalue weighted by atomic mass is 10.0. The van der Waals surface area contributed by atoms with Crippen molar-refractivity contribution in [2.24, 2.45) is 0 Å². The second kappa shape index (κ2) is 8.54. The molecule has 10 heteroatoms. The third-order valence-corrected chi connectivity index (χ3v) is 4.80. The van der Waals surface area contributed by atoms with Gasteiger partial charge in [0, 0.05) is 38.2 Å². The first-order chi connectivity index (χ1) is 14.8. The third kappa shape index (κ3) is 4.96. The summed E-state index contributed by atoms with van der Waals surface area (Å²) >= 11 is 0. The van der Waals surface area contributed by atoms with Gasteiger partial charge in [-0.2, -0.15) is 13.9 Å². The fraction of sp³-hybridized carbons (Fsp3) is 0.381. The van der Waals surface area contributed by atoms with Gasteiger partial charge in [0.05, 0.1) is 30.8 Å². The largest absolute Gasteiger partial charge is 0.437 e. The van der Waals surface area contributed by atoms with E-state index in [1.54, 1.807) is 23.2 Å². The van der Waals surface area contributed by atoms with Crippen LogP contribution in [0, 0.1) is 0 Å². The van der Waals surface area contributed by atoms with Gasteiger partial charge >= 0.3 is 6.11 Å². The topological polar surface area (TPSA) is 69.5 Å². The number of alkyl halides is 3. The van der Waals surface area contributed by atoms with E-state index in [0.717, 1.165) is 0 Å². The Kier molecular flexibility index (Phi) is 5.81. The highest BCUT2D eigenvalue weighted by Gasteiger charge is 2.29. The monoisotopic (exact) mass is 434 g/mol. The summed E-state index contributed by atoms with van der Waals surface area (Å²) in [5.74, 6) is -0.474. The van der Waals surface area contributed by atoms with Gasteiger partial charge in [-0.15, -0.1) is 0 Å². The van der Waals surface area contributed by atoms with E-state index >= 15 is 0 Å². The van der Waals surface area contributed by atoms with Crippen LogP contribution >= 0.6 is 0 Å². The summed E-state index contributed by atoms with van der Waals surface area (Å²) in [5, 5.41) is 4.42. The Morgan fingerprint density at radius 1 is 1.32 bits per heavy atom. The van der Waals surface area contributed by atoms with Crippen molar-refractivity contribution in [2.45, 2.75) is 25.6 Å². The summed E-state index contributed by atoms with van der Waals surface area (Å²) in [6, 6.07) is 4.94. The molecule has 1 aliphatic heterocycles. The molecule has 2 aliphatic rings. The zero-order valence-electron chi connectivity index (χ0n) is 16.8. The van der Waals surface area contributed by atoms with Crippen molar-refractivity contribution in [3.8, 4) is 5.69 Å². The van der Waals surface area contributed by atoms with Crippen LogP contribution in [0.1, 0.15) is 29.5 Å². The molecule has 4 rings (SSSR count). The van der Waals surface area contributed by atoms with Crippen molar-refractivity contribution >= 4 is 11.5 Å². The number of morpholine rings is 1. The summed E-state index contributed by atoms with van der Waals surface area (Å²) in [7, 11) is 0. The molecule has 0 N–H and O–H groups in total. The molecule has 1 amide bonds. The Labute approximate surface area is 176 Å². The van der Waals surface area contributed by atoms with Gasteiger partial charge in [0.2, 0.25) is 0 Å². The van der Waals surface area contributed by atoms with Gasteiger partial charge in [0.25, 0.3) is 5.91 Å². The normalized spacial score (nSPS) is 19.6. The standard InChI is InChI=1S/C21H21F3N4O3/c1-21(23,24)31-17-10-14(9-15(22)11-17)19-12-18(20(29)27-5-7-30-8-6-27)26-28(19)16-3-2-4-25-13-16/h2-4,9-10,12-13,15H,5-8,11H2,1H3. The SMILES string of the molecule is CC(F)(F)OC1=CC(c2cc(C(=O)N3CCOCC3)nn2-c2cccnc2)=CC(F)C1. The number of hydrogen-bond donors (Lipinski definition) is 0. The molecule has 31 heavy (non-hydrogen) atoms. The van der Waals surface area contributed by atoms with E-state index in [9.17, 15) is 18.0 Å². The van der Waals surface area contributed by atoms with E-state index in [4.69, 9.17) is 4.74 Å². The average Bonchev–Trinajstić information content (AvgIpc) is 3.18. The Morgan fingerprint density at radius 3 is 2.77 bits per heavy atom. The van der Waals surface area contributed by atoms with Crippen molar-refractivity contribution in [3.05, 3.63) is 59.9 Å². The second-order valence-electron chi connectivity index (χ2n) is 7.31. The molecule has 0 saturated carbocycles. The number of amides is 1. The molecule has 1 saturated heterocycles. The average molecular weight is 434 g/mol. The van der Waals surface area contributed by atoms with Crippen molar-refractivity contribution in [1.82, 2.24) is 19.7 Å². The van der Waals surface area contributed by atoms with Crippen molar-refractivity contribution in [2.75, 3.05) is 26.3 Å². The highest BCUT2D eigenvalue weighted by Crippen LogP contribution is 2.32. The number of nitrogens with zero attached hydrogens (tertiary/aromatic N) is 4. The quantitative estimate of drug-likeness (QED) is 0.722. The fourth-order valence-corrected chi connectivity index (χ4v) is 3.48. The Morgan fingerprint density at radius 2 is 2.10 bits per heavy atom. The summed E-state index contributed by atoms with van der Waals surface area (Å²) in [5.41, 5.74) is 1.35. The zero-order chi connectivity index (χ0) is 22.0. The number of hydrogen-bond acceptors (Lipinski definition) is 5. The van der Waals surface area contributed by atoms with Gasteiger partial charge in [0.1, 0.15) is 11.9 Å². The Bertz CT molecular complexity index is 1010. The predicted octanol–water partition coefficient (Wildman–Crippen LogP) is 3.38. The number of pyridine rings is 1. The lowest BCUT2D eigenvalue weighted by molar-refractivity contribution is -0.200. The molecule has 1 atom stereocenters. The van der Waals surface area contributed by atoms with Gasteiger partial charge in [-0.1, -0.05) is 0 Å². The molecular weight excluding hydrogens is 413 g/mol. The first-order valence-electron chi connectivity index (χ1n) is 9.81. The highest BCUT2D eigenvalue weighted by molar-refractivity contribution is 5.94. The summed E-state index contributed by atoms with van der Waals surface area (Å²) in [6.45, 7) is 2.34. The molecule has 1 unspecified atom stereocenters. The van der Waals surface area contributed by atoms with Crippen LogP contribution in [0.2, 0.25) is 0 Å².